The molecule has 0 saturated heterocycles. The number of nitrogens with zero attached hydrogens (tertiary/aromatic N) is 4. The highest BCUT2D eigenvalue weighted by Gasteiger charge is 1.96. The number of hydrogen-bond donors (Lipinski definition) is 0. The average Bonchev–Trinajstić information content (AvgIpc) is 2.60. The first-order chi connectivity index (χ1) is 6.63. The van der Waals surface area contributed by atoms with E-state index in [1.807, 2.05) is 26.8 Å². The van der Waals surface area contributed by atoms with Gasteiger partial charge in [-0.2, -0.15) is 0 Å². The Morgan fingerprint density at radius 2 is 2.36 bits per heavy atom. The van der Waals surface area contributed by atoms with Crippen LogP contribution in [-0.2, 0) is 0 Å². The third-order valence-corrected chi connectivity index (χ3v) is 1.74. The van der Waals surface area contributed by atoms with Crippen LogP contribution in [-0.4, -0.2) is 21.2 Å². The van der Waals surface area contributed by atoms with Crippen LogP contribution in [0.4, 0.5) is 0 Å². The van der Waals surface area contributed by atoms with E-state index in [0.29, 0.717) is 5.70 Å². The van der Waals surface area contributed by atoms with Gasteiger partial charge in [-0.3, -0.25) is 4.99 Å². The SMILES string of the molecule is C=C(C=N/C(C)=C\C)n1cc(C)nn1. The van der Waals surface area contributed by atoms with Crippen molar-refractivity contribution >= 4 is 11.9 Å². The Kier molecular flexibility index (Phi) is 3.34. The first kappa shape index (κ1) is 10.4. The van der Waals surface area contributed by atoms with Crippen LogP contribution in [0.2, 0.25) is 0 Å². The van der Waals surface area contributed by atoms with E-state index in [-0.39, 0.29) is 0 Å². The normalized spacial score (nSPS) is 12.4. The second kappa shape index (κ2) is 4.50. The van der Waals surface area contributed by atoms with Gasteiger partial charge in [0.2, 0.25) is 0 Å². The fraction of sp³-hybridized carbons (Fsp3) is 0.300. The van der Waals surface area contributed by atoms with E-state index in [0.717, 1.165) is 11.4 Å². The van der Waals surface area contributed by atoms with Crippen molar-refractivity contribution in [3.63, 3.8) is 0 Å². The molecule has 0 aliphatic rings. The van der Waals surface area contributed by atoms with E-state index in [1.54, 1.807) is 17.1 Å². The lowest BCUT2D eigenvalue weighted by Gasteiger charge is -1.96. The van der Waals surface area contributed by atoms with Gasteiger partial charge in [-0.15, -0.1) is 5.10 Å². The summed E-state index contributed by atoms with van der Waals surface area (Å²) in [6, 6.07) is 0. The Morgan fingerprint density at radius 1 is 1.64 bits per heavy atom. The van der Waals surface area contributed by atoms with E-state index in [1.165, 1.54) is 0 Å². The van der Waals surface area contributed by atoms with Crippen molar-refractivity contribution in [3.8, 4) is 0 Å². The number of rotatable bonds is 3. The second-order valence-corrected chi connectivity index (χ2v) is 2.98. The summed E-state index contributed by atoms with van der Waals surface area (Å²) in [5.41, 5.74) is 2.51. The zero-order valence-corrected chi connectivity index (χ0v) is 8.73. The van der Waals surface area contributed by atoms with Gasteiger partial charge in [0, 0.05) is 5.70 Å². The molecule has 4 nitrogen and oxygen atoms in total. The van der Waals surface area contributed by atoms with Gasteiger partial charge >= 0.3 is 0 Å². The van der Waals surface area contributed by atoms with E-state index in [9.17, 15) is 0 Å². The van der Waals surface area contributed by atoms with Gasteiger partial charge in [0.15, 0.2) is 0 Å². The van der Waals surface area contributed by atoms with Crippen LogP contribution in [0.25, 0.3) is 5.70 Å². The molecule has 0 bridgehead atoms. The molecular weight excluding hydrogens is 176 g/mol. The number of hydrogen-bond acceptors (Lipinski definition) is 3. The molecule has 0 unspecified atom stereocenters. The maximum Gasteiger partial charge on any atom is 0.0800 e. The quantitative estimate of drug-likeness (QED) is 0.684. The summed E-state index contributed by atoms with van der Waals surface area (Å²) < 4.78 is 1.60. The summed E-state index contributed by atoms with van der Waals surface area (Å²) in [5, 5.41) is 7.74. The number of allylic oxidation sites excluding steroid dienone is 3. The molecule has 0 amide bonds. The summed E-state index contributed by atoms with van der Waals surface area (Å²) in [4.78, 5) is 4.18. The van der Waals surface area contributed by atoms with Crippen LogP contribution < -0.4 is 0 Å². The summed E-state index contributed by atoms with van der Waals surface area (Å²) in [5.74, 6) is 0. The highest BCUT2D eigenvalue weighted by atomic mass is 15.4. The molecule has 0 aliphatic heterocycles. The molecule has 0 fully saturated rings. The van der Waals surface area contributed by atoms with Crippen molar-refractivity contribution in [2.24, 2.45) is 4.99 Å². The predicted molar refractivity (Wildman–Crippen MR) is 58.0 cm³/mol. The molecule has 4 heteroatoms. The van der Waals surface area contributed by atoms with Crippen LogP contribution in [0.1, 0.15) is 19.5 Å². The number of aliphatic imine (C=N–C) groups is 1. The summed E-state index contributed by atoms with van der Waals surface area (Å²) >= 11 is 0. The van der Waals surface area contributed by atoms with Crippen molar-refractivity contribution in [1.82, 2.24) is 15.0 Å². The zero-order chi connectivity index (χ0) is 10.6. The third kappa shape index (κ3) is 2.65. The van der Waals surface area contributed by atoms with Gasteiger partial charge in [0.1, 0.15) is 0 Å². The van der Waals surface area contributed by atoms with Crippen molar-refractivity contribution in [1.29, 1.82) is 0 Å². The Morgan fingerprint density at radius 3 is 2.86 bits per heavy atom. The molecule has 1 heterocycles. The Hall–Kier alpha value is -1.71. The molecule has 0 aromatic carbocycles. The molecule has 0 atom stereocenters. The topological polar surface area (TPSA) is 43.1 Å². The number of aromatic nitrogens is 3. The van der Waals surface area contributed by atoms with Crippen molar-refractivity contribution < 1.29 is 0 Å². The molecule has 0 radical (unpaired) electrons. The fourth-order valence-electron chi connectivity index (χ4n) is 0.798. The van der Waals surface area contributed by atoms with Gasteiger partial charge in [0.05, 0.1) is 23.8 Å². The van der Waals surface area contributed by atoms with Crippen LogP contribution in [0, 0.1) is 6.92 Å². The molecule has 74 valence electrons. The lowest BCUT2D eigenvalue weighted by atomic mass is 10.4. The molecule has 0 N–H and O–H groups in total. The van der Waals surface area contributed by atoms with Gasteiger partial charge in [0.25, 0.3) is 0 Å². The Balaban J connectivity index is 2.73. The summed E-state index contributed by atoms with van der Waals surface area (Å²) in [6.45, 7) is 9.58. The fourth-order valence-corrected chi connectivity index (χ4v) is 0.798. The van der Waals surface area contributed by atoms with Crippen LogP contribution >= 0.6 is 0 Å². The Labute approximate surface area is 83.7 Å². The van der Waals surface area contributed by atoms with E-state index < -0.39 is 0 Å². The molecule has 0 aliphatic carbocycles. The van der Waals surface area contributed by atoms with Gasteiger partial charge in [-0.25, -0.2) is 4.68 Å². The van der Waals surface area contributed by atoms with E-state index in [2.05, 4.69) is 21.9 Å². The molecule has 14 heavy (non-hydrogen) atoms. The van der Waals surface area contributed by atoms with Gasteiger partial charge in [-0.1, -0.05) is 17.9 Å². The molecule has 0 saturated carbocycles. The van der Waals surface area contributed by atoms with Crippen LogP contribution in [0.3, 0.4) is 0 Å². The smallest absolute Gasteiger partial charge is 0.0800 e. The molecule has 1 aromatic rings. The predicted octanol–water partition coefficient (Wildman–Crippen LogP) is 2.05. The molecular formula is C10H14N4. The van der Waals surface area contributed by atoms with E-state index >= 15 is 0 Å². The molecule has 1 rings (SSSR count). The van der Waals surface area contributed by atoms with Crippen molar-refractivity contribution in [2.75, 3.05) is 0 Å². The van der Waals surface area contributed by atoms with E-state index in [4.69, 9.17) is 0 Å². The maximum atomic E-state index is 4.18. The monoisotopic (exact) mass is 190 g/mol. The minimum absolute atomic E-state index is 0.701. The Bertz CT molecular complexity index is 385. The minimum atomic E-state index is 0.701. The average molecular weight is 190 g/mol. The lowest BCUT2D eigenvalue weighted by Crippen LogP contribution is -1.97. The number of aryl methyl sites for hydroxylation is 1. The highest BCUT2D eigenvalue weighted by molar-refractivity contribution is 6.01. The van der Waals surface area contributed by atoms with Crippen LogP contribution in [0.5, 0.6) is 0 Å². The van der Waals surface area contributed by atoms with Gasteiger partial charge in [-0.05, 0) is 20.8 Å². The maximum absolute atomic E-state index is 4.18. The summed E-state index contributed by atoms with van der Waals surface area (Å²) in [6.07, 6.45) is 5.40. The zero-order valence-electron chi connectivity index (χ0n) is 8.73. The first-order valence-corrected chi connectivity index (χ1v) is 4.38. The third-order valence-electron chi connectivity index (χ3n) is 1.74. The highest BCUT2D eigenvalue weighted by Crippen LogP contribution is 2.00. The largest absolute Gasteiger partial charge is 0.260 e. The standard InChI is InChI=1S/C10H14N4/c1-5-8(2)11-6-10(4)14-7-9(3)12-13-14/h5-7H,4H2,1-3H3/b8-5-,11-6?. The minimum Gasteiger partial charge on any atom is -0.260 e. The van der Waals surface area contributed by atoms with Crippen molar-refractivity contribution in [2.45, 2.75) is 20.8 Å². The van der Waals surface area contributed by atoms with Crippen molar-refractivity contribution in [3.05, 3.63) is 30.2 Å². The van der Waals surface area contributed by atoms with Crippen LogP contribution in [0.15, 0.2) is 29.5 Å². The molecule has 1 aromatic heterocycles. The first-order valence-electron chi connectivity index (χ1n) is 4.38. The summed E-state index contributed by atoms with van der Waals surface area (Å²) in [7, 11) is 0. The molecule has 0 spiro atoms. The lowest BCUT2D eigenvalue weighted by molar-refractivity contribution is 0.828. The second-order valence-electron chi connectivity index (χ2n) is 2.98. The van der Waals surface area contributed by atoms with Gasteiger partial charge < -0.3 is 0 Å².